The van der Waals surface area contributed by atoms with Gasteiger partial charge in [0.2, 0.25) is 0 Å². The maximum absolute atomic E-state index is 6.30. The van der Waals surface area contributed by atoms with Crippen molar-refractivity contribution in [2.45, 2.75) is 25.8 Å². The van der Waals surface area contributed by atoms with Crippen molar-refractivity contribution in [2.75, 3.05) is 17.7 Å². The highest BCUT2D eigenvalue weighted by molar-refractivity contribution is 5.97. The van der Waals surface area contributed by atoms with Crippen LogP contribution in [0.3, 0.4) is 0 Å². The van der Waals surface area contributed by atoms with E-state index in [4.69, 9.17) is 5.73 Å². The molecule has 3 rings (SSSR count). The van der Waals surface area contributed by atoms with Gasteiger partial charge in [-0.25, -0.2) is 0 Å². The molecule has 1 atom stereocenters. The van der Waals surface area contributed by atoms with Gasteiger partial charge in [-0.1, -0.05) is 0 Å². The van der Waals surface area contributed by atoms with E-state index in [2.05, 4.69) is 36.0 Å². The van der Waals surface area contributed by atoms with Gasteiger partial charge in [-0.3, -0.25) is 4.98 Å². The zero-order chi connectivity index (χ0) is 12.7. The largest absolute Gasteiger partial charge is 0.396 e. The van der Waals surface area contributed by atoms with Crippen LogP contribution >= 0.6 is 0 Å². The van der Waals surface area contributed by atoms with Gasteiger partial charge < -0.3 is 10.6 Å². The number of anilines is 2. The third-order valence-corrected chi connectivity index (χ3v) is 4.10. The van der Waals surface area contributed by atoms with Crippen molar-refractivity contribution >= 4 is 22.3 Å². The molecule has 2 aromatic rings. The van der Waals surface area contributed by atoms with Crippen LogP contribution in [0.25, 0.3) is 10.9 Å². The maximum Gasteiger partial charge on any atom is 0.0724 e. The molecule has 1 aliphatic rings. The molecule has 3 heteroatoms. The molecule has 0 radical (unpaired) electrons. The zero-order valence-corrected chi connectivity index (χ0v) is 10.9. The van der Waals surface area contributed by atoms with Crippen LogP contribution < -0.4 is 10.6 Å². The SMILES string of the molecule is CC(C1CC1)N(C)c1ccc2ncccc2c1N. The van der Waals surface area contributed by atoms with E-state index in [1.54, 1.807) is 6.20 Å². The summed E-state index contributed by atoms with van der Waals surface area (Å²) in [7, 11) is 2.14. The zero-order valence-electron chi connectivity index (χ0n) is 10.9. The van der Waals surface area contributed by atoms with Gasteiger partial charge in [-0.15, -0.1) is 0 Å². The molecule has 94 valence electrons. The molecular weight excluding hydrogens is 222 g/mol. The molecule has 1 aromatic heterocycles. The summed E-state index contributed by atoms with van der Waals surface area (Å²) >= 11 is 0. The molecule has 1 aliphatic carbocycles. The van der Waals surface area contributed by atoms with E-state index in [0.29, 0.717) is 6.04 Å². The Labute approximate surface area is 108 Å². The number of rotatable bonds is 3. The molecule has 1 unspecified atom stereocenters. The van der Waals surface area contributed by atoms with Crippen molar-refractivity contribution in [3.05, 3.63) is 30.5 Å². The van der Waals surface area contributed by atoms with Crippen LogP contribution in [0.2, 0.25) is 0 Å². The van der Waals surface area contributed by atoms with Crippen LogP contribution in [0.1, 0.15) is 19.8 Å². The minimum absolute atomic E-state index is 0.557. The molecule has 3 nitrogen and oxygen atoms in total. The Morgan fingerprint density at radius 3 is 2.83 bits per heavy atom. The minimum Gasteiger partial charge on any atom is -0.396 e. The molecule has 18 heavy (non-hydrogen) atoms. The van der Waals surface area contributed by atoms with Crippen molar-refractivity contribution in [3.8, 4) is 0 Å². The first-order valence-corrected chi connectivity index (χ1v) is 6.54. The first-order valence-electron chi connectivity index (χ1n) is 6.54. The first-order chi connectivity index (χ1) is 8.68. The van der Waals surface area contributed by atoms with Crippen molar-refractivity contribution in [1.29, 1.82) is 0 Å². The third kappa shape index (κ3) is 1.80. The van der Waals surface area contributed by atoms with E-state index in [9.17, 15) is 0 Å². The fourth-order valence-electron chi connectivity index (χ4n) is 2.59. The number of nitrogen functional groups attached to an aromatic ring is 1. The Hall–Kier alpha value is -1.77. The summed E-state index contributed by atoms with van der Waals surface area (Å²) in [5.41, 5.74) is 9.22. The number of pyridine rings is 1. The van der Waals surface area contributed by atoms with Crippen LogP contribution in [-0.4, -0.2) is 18.1 Å². The van der Waals surface area contributed by atoms with Gasteiger partial charge in [0.05, 0.1) is 16.9 Å². The molecular formula is C15H19N3. The van der Waals surface area contributed by atoms with Gasteiger partial charge >= 0.3 is 0 Å². The molecule has 0 bridgehead atoms. The average Bonchev–Trinajstić information content (AvgIpc) is 3.22. The second-order valence-electron chi connectivity index (χ2n) is 5.26. The normalized spacial score (nSPS) is 16.8. The Morgan fingerprint density at radius 2 is 2.11 bits per heavy atom. The number of fused-ring (bicyclic) bond motifs is 1. The van der Waals surface area contributed by atoms with Gasteiger partial charge in [0, 0.05) is 24.7 Å². The lowest BCUT2D eigenvalue weighted by molar-refractivity contribution is 0.610. The standard InChI is InChI=1S/C15H19N3/c1-10(11-5-6-11)18(2)14-8-7-13-12(15(14)16)4-3-9-17-13/h3-4,7-11H,5-6,16H2,1-2H3. The van der Waals surface area contributed by atoms with E-state index in [1.165, 1.54) is 12.8 Å². The van der Waals surface area contributed by atoms with E-state index >= 15 is 0 Å². The Balaban J connectivity index is 2.03. The summed E-state index contributed by atoms with van der Waals surface area (Å²) in [4.78, 5) is 6.64. The lowest BCUT2D eigenvalue weighted by atomic mass is 10.1. The number of nitrogens with two attached hydrogens (primary N) is 1. The van der Waals surface area contributed by atoms with Gasteiger partial charge in [-0.2, -0.15) is 0 Å². The molecule has 1 saturated carbocycles. The number of hydrogen-bond donors (Lipinski definition) is 1. The van der Waals surface area contributed by atoms with Crippen LogP contribution in [0.4, 0.5) is 11.4 Å². The number of aromatic nitrogens is 1. The molecule has 2 N–H and O–H groups in total. The number of hydrogen-bond acceptors (Lipinski definition) is 3. The summed E-state index contributed by atoms with van der Waals surface area (Å²) < 4.78 is 0. The maximum atomic E-state index is 6.30. The van der Waals surface area contributed by atoms with Gasteiger partial charge in [0.15, 0.2) is 0 Å². The van der Waals surface area contributed by atoms with Crippen molar-refractivity contribution in [2.24, 2.45) is 5.92 Å². The van der Waals surface area contributed by atoms with Gasteiger partial charge in [0.1, 0.15) is 0 Å². The van der Waals surface area contributed by atoms with E-state index in [-0.39, 0.29) is 0 Å². The summed E-state index contributed by atoms with van der Waals surface area (Å²) in [5, 5.41) is 1.05. The van der Waals surface area contributed by atoms with Crippen molar-refractivity contribution in [1.82, 2.24) is 4.98 Å². The molecule has 0 amide bonds. The highest BCUT2D eigenvalue weighted by Crippen LogP contribution is 2.38. The molecule has 1 aromatic carbocycles. The van der Waals surface area contributed by atoms with Crippen LogP contribution in [0.15, 0.2) is 30.5 Å². The number of nitrogens with zero attached hydrogens (tertiary/aromatic N) is 2. The van der Waals surface area contributed by atoms with E-state index in [1.807, 2.05) is 12.1 Å². The van der Waals surface area contributed by atoms with Crippen molar-refractivity contribution < 1.29 is 0 Å². The lowest BCUT2D eigenvalue weighted by Gasteiger charge is -2.28. The predicted molar refractivity (Wildman–Crippen MR) is 76.7 cm³/mol. The Bertz CT molecular complexity index is 575. The Morgan fingerprint density at radius 1 is 1.33 bits per heavy atom. The topological polar surface area (TPSA) is 42.2 Å². The fraction of sp³-hybridized carbons (Fsp3) is 0.400. The highest BCUT2D eigenvalue weighted by Gasteiger charge is 2.31. The second kappa shape index (κ2) is 4.16. The number of benzene rings is 1. The molecule has 0 aliphatic heterocycles. The first kappa shape index (κ1) is 11.3. The smallest absolute Gasteiger partial charge is 0.0724 e. The van der Waals surface area contributed by atoms with Gasteiger partial charge in [-0.05, 0) is 49.9 Å². The monoisotopic (exact) mass is 241 g/mol. The highest BCUT2D eigenvalue weighted by atomic mass is 15.1. The second-order valence-corrected chi connectivity index (χ2v) is 5.26. The van der Waals surface area contributed by atoms with E-state index in [0.717, 1.165) is 28.2 Å². The predicted octanol–water partition coefficient (Wildman–Crippen LogP) is 3.05. The molecule has 1 heterocycles. The van der Waals surface area contributed by atoms with Crippen LogP contribution in [0, 0.1) is 5.92 Å². The minimum atomic E-state index is 0.557. The fourth-order valence-corrected chi connectivity index (χ4v) is 2.59. The summed E-state index contributed by atoms with van der Waals surface area (Å²) in [6.07, 6.45) is 4.50. The molecule has 0 spiro atoms. The molecule has 0 saturated heterocycles. The quantitative estimate of drug-likeness (QED) is 0.840. The summed E-state index contributed by atoms with van der Waals surface area (Å²) in [6, 6.07) is 8.67. The Kier molecular flexibility index (Phi) is 2.62. The lowest BCUT2D eigenvalue weighted by Crippen LogP contribution is -2.31. The van der Waals surface area contributed by atoms with Gasteiger partial charge in [0.25, 0.3) is 0 Å². The van der Waals surface area contributed by atoms with Crippen LogP contribution in [0.5, 0.6) is 0 Å². The van der Waals surface area contributed by atoms with Crippen molar-refractivity contribution in [3.63, 3.8) is 0 Å². The summed E-state index contributed by atoms with van der Waals surface area (Å²) in [6.45, 7) is 2.28. The third-order valence-electron chi connectivity index (χ3n) is 4.10. The average molecular weight is 241 g/mol. The summed E-state index contributed by atoms with van der Waals surface area (Å²) in [5.74, 6) is 0.832. The van der Waals surface area contributed by atoms with Crippen LogP contribution in [-0.2, 0) is 0 Å². The molecule has 1 fully saturated rings. The van der Waals surface area contributed by atoms with E-state index < -0.39 is 0 Å².